The number of nitrogens with zero attached hydrogens (tertiary/aromatic N) is 3. The lowest BCUT2D eigenvalue weighted by molar-refractivity contribution is -0.142. The SMILES string of the molecule is CNC(=O)Nc1ccc2c(c1)CC[C@@]21OC(=O)N(CC(=O)N(Cc2ccc(F)cc2)CC2CCCN2S(C)(=O)=O)C1=O. The van der Waals surface area contributed by atoms with E-state index in [-0.39, 0.29) is 19.5 Å². The normalized spacial score (nSPS) is 21.9. The summed E-state index contributed by atoms with van der Waals surface area (Å²) >= 11 is 0. The number of ether oxygens (including phenoxy) is 1. The van der Waals surface area contributed by atoms with Crippen molar-refractivity contribution >= 4 is 39.6 Å². The number of benzene rings is 2. The van der Waals surface area contributed by atoms with Crippen LogP contribution in [0.3, 0.4) is 0 Å². The fourth-order valence-corrected chi connectivity index (χ4v) is 7.08. The van der Waals surface area contributed by atoms with Crippen molar-refractivity contribution in [3.63, 3.8) is 0 Å². The van der Waals surface area contributed by atoms with E-state index in [4.69, 9.17) is 4.74 Å². The summed E-state index contributed by atoms with van der Waals surface area (Å²) in [4.78, 5) is 54.2. The fraction of sp³-hybridized carbons (Fsp3) is 0.429. The van der Waals surface area contributed by atoms with Crippen LogP contribution in [0.2, 0.25) is 0 Å². The minimum atomic E-state index is -3.52. The number of amides is 5. The van der Waals surface area contributed by atoms with Crippen molar-refractivity contribution in [2.45, 2.75) is 43.9 Å². The van der Waals surface area contributed by atoms with E-state index in [9.17, 15) is 32.0 Å². The van der Waals surface area contributed by atoms with Crippen LogP contribution in [0.4, 0.5) is 19.7 Å². The first-order valence-corrected chi connectivity index (χ1v) is 15.4. The highest BCUT2D eigenvalue weighted by molar-refractivity contribution is 7.88. The van der Waals surface area contributed by atoms with Gasteiger partial charge in [-0.2, -0.15) is 4.31 Å². The van der Waals surface area contributed by atoms with Gasteiger partial charge in [0.05, 0.1) is 6.26 Å². The lowest BCUT2D eigenvalue weighted by Crippen LogP contribution is -2.48. The van der Waals surface area contributed by atoms with Crippen LogP contribution in [0.25, 0.3) is 0 Å². The Morgan fingerprint density at radius 2 is 1.90 bits per heavy atom. The van der Waals surface area contributed by atoms with E-state index in [0.29, 0.717) is 42.6 Å². The molecule has 2 aromatic carbocycles. The van der Waals surface area contributed by atoms with Gasteiger partial charge in [-0.1, -0.05) is 18.2 Å². The predicted octanol–water partition coefficient (Wildman–Crippen LogP) is 2.15. The molecule has 224 valence electrons. The zero-order valence-corrected chi connectivity index (χ0v) is 24.1. The molecule has 1 unspecified atom stereocenters. The first kappa shape index (κ1) is 29.5. The number of hydrogen-bond donors (Lipinski definition) is 2. The lowest BCUT2D eigenvalue weighted by Gasteiger charge is -2.30. The number of sulfonamides is 1. The van der Waals surface area contributed by atoms with Gasteiger partial charge in [0.1, 0.15) is 12.4 Å². The Morgan fingerprint density at radius 1 is 1.17 bits per heavy atom. The van der Waals surface area contributed by atoms with Gasteiger partial charge in [-0.3, -0.25) is 9.59 Å². The van der Waals surface area contributed by atoms with E-state index in [1.165, 1.54) is 40.5 Å². The topological polar surface area (TPSA) is 145 Å². The number of fused-ring (bicyclic) bond motifs is 2. The number of halogens is 1. The van der Waals surface area contributed by atoms with E-state index in [2.05, 4.69) is 10.6 Å². The summed E-state index contributed by atoms with van der Waals surface area (Å²) in [5.41, 5.74) is 0.777. The molecule has 5 rings (SSSR count). The molecule has 2 aliphatic heterocycles. The Labute approximate surface area is 242 Å². The van der Waals surface area contributed by atoms with E-state index in [1.54, 1.807) is 18.2 Å². The van der Waals surface area contributed by atoms with Crippen molar-refractivity contribution in [2.24, 2.45) is 0 Å². The molecule has 1 aliphatic carbocycles. The molecular formula is C28H32FN5O7S. The summed E-state index contributed by atoms with van der Waals surface area (Å²) in [6.07, 6.45) is 1.95. The predicted molar refractivity (Wildman–Crippen MR) is 149 cm³/mol. The number of imide groups is 1. The van der Waals surface area contributed by atoms with Crippen molar-refractivity contribution in [1.29, 1.82) is 0 Å². The van der Waals surface area contributed by atoms with Crippen LogP contribution in [0.15, 0.2) is 42.5 Å². The molecule has 0 bridgehead atoms. The lowest BCUT2D eigenvalue weighted by atomic mass is 9.94. The number of hydrogen-bond acceptors (Lipinski definition) is 7. The Kier molecular flexibility index (Phi) is 7.94. The van der Waals surface area contributed by atoms with Crippen LogP contribution >= 0.6 is 0 Å². The zero-order valence-electron chi connectivity index (χ0n) is 23.3. The van der Waals surface area contributed by atoms with E-state index in [0.717, 1.165) is 16.7 Å². The fourth-order valence-electron chi connectivity index (χ4n) is 5.91. The largest absolute Gasteiger partial charge is 0.427 e. The van der Waals surface area contributed by atoms with Crippen LogP contribution in [0.1, 0.15) is 36.0 Å². The van der Waals surface area contributed by atoms with Gasteiger partial charge in [0, 0.05) is 50.4 Å². The van der Waals surface area contributed by atoms with Crippen molar-refractivity contribution < 1.29 is 36.7 Å². The summed E-state index contributed by atoms with van der Waals surface area (Å²) in [5, 5.41) is 5.13. The van der Waals surface area contributed by atoms with Crippen LogP contribution in [-0.4, -0.2) is 85.4 Å². The summed E-state index contributed by atoms with van der Waals surface area (Å²) in [5.74, 6) is -1.68. The second-order valence-corrected chi connectivity index (χ2v) is 12.7. The minimum absolute atomic E-state index is 0.0272. The molecule has 3 aliphatic rings. The number of nitrogens with one attached hydrogen (secondary N) is 2. The number of urea groups is 1. The third kappa shape index (κ3) is 5.68. The molecule has 2 aromatic rings. The maximum atomic E-state index is 13.7. The van der Waals surface area contributed by atoms with Crippen LogP contribution < -0.4 is 10.6 Å². The highest BCUT2D eigenvalue weighted by atomic mass is 32.2. The smallest absolute Gasteiger partial charge is 0.418 e. The van der Waals surface area contributed by atoms with Gasteiger partial charge in [-0.05, 0) is 54.7 Å². The maximum Gasteiger partial charge on any atom is 0.418 e. The van der Waals surface area contributed by atoms with E-state index >= 15 is 0 Å². The standard InChI is InChI=1S/C28H32FN5O7S/c1-30-26(37)31-21-9-10-23-19(14-21)11-12-28(23)25(36)33(27(38)41-28)17-24(35)32(15-18-5-7-20(29)8-6-18)16-22-4-3-13-34(22)42(2,39)40/h5-10,14,22H,3-4,11-13,15-17H2,1-2H3,(H2,30,31,37)/t22?,28-/m1/s1. The van der Waals surface area contributed by atoms with E-state index in [1.807, 2.05) is 0 Å². The van der Waals surface area contributed by atoms with Crippen molar-refractivity contribution in [2.75, 3.05) is 38.3 Å². The van der Waals surface area contributed by atoms with Gasteiger partial charge in [0.2, 0.25) is 21.5 Å². The summed E-state index contributed by atoms with van der Waals surface area (Å²) in [6, 6.07) is 9.63. The molecule has 0 saturated carbocycles. The summed E-state index contributed by atoms with van der Waals surface area (Å²) in [6.45, 7) is -0.200. The molecule has 42 heavy (non-hydrogen) atoms. The van der Waals surface area contributed by atoms with Gasteiger partial charge in [0.25, 0.3) is 5.91 Å². The molecule has 2 fully saturated rings. The van der Waals surface area contributed by atoms with Gasteiger partial charge < -0.3 is 20.3 Å². The second-order valence-electron chi connectivity index (χ2n) is 10.7. The van der Waals surface area contributed by atoms with Gasteiger partial charge in [0.15, 0.2) is 0 Å². The molecule has 12 nitrogen and oxygen atoms in total. The summed E-state index contributed by atoms with van der Waals surface area (Å²) < 4.78 is 45.2. The minimum Gasteiger partial charge on any atom is -0.427 e. The molecule has 2 saturated heterocycles. The third-order valence-corrected chi connectivity index (χ3v) is 9.29. The van der Waals surface area contributed by atoms with Crippen LogP contribution in [0.5, 0.6) is 0 Å². The first-order chi connectivity index (χ1) is 19.9. The Balaban J connectivity index is 1.36. The quantitative estimate of drug-likeness (QED) is 0.472. The number of anilines is 1. The Bertz CT molecular complexity index is 1530. The van der Waals surface area contributed by atoms with Crippen molar-refractivity contribution in [3.8, 4) is 0 Å². The highest BCUT2D eigenvalue weighted by Gasteiger charge is 2.58. The van der Waals surface area contributed by atoms with Crippen LogP contribution in [0, 0.1) is 5.82 Å². The molecule has 14 heteroatoms. The number of rotatable bonds is 8. The number of aryl methyl sites for hydroxylation is 1. The maximum absolute atomic E-state index is 13.7. The summed E-state index contributed by atoms with van der Waals surface area (Å²) in [7, 11) is -2.03. The highest BCUT2D eigenvalue weighted by Crippen LogP contribution is 2.46. The third-order valence-electron chi connectivity index (χ3n) is 7.96. The van der Waals surface area contributed by atoms with Crippen molar-refractivity contribution in [3.05, 3.63) is 65.0 Å². The van der Waals surface area contributed by atoms with Crippen molar-refractivity contribution in [1.82, 2.24) is 19.4 Å². The molecular weight excluding hydrogens is 569 g/mol. The van der Waals surface area contributed by atoms with Crippen LogP contribution in [-0.2, 0) is 42.9 Å². The van der Waals surface area contributed by atoms with Gasteiger partial charge >= 0.3 is 12.1 Å². The monoisotopic (exact) mass is 601 g/mol. The van der Waals surface area contributed by atoms with Gasteiger partial charge in [-0.15, -0.1) is 0 Å². The molecule has 2 atom stereocenters. The molecule has 0 aromatic heterocycles. The average molecular weight is 602 g/mol. The zero-order chi connectivity index (χ0) is 30.2. The Morgan fingerprint density at radius 3 is 2.60 bits per heavy atom. The molecule has 1 spiro atoms. The molecule has 2 N–H and O–H groups in total. The Hall–Kier alpha value is -4.04. The first-order valence-electron chi connectivity index (χ1n) is 13.6. The van der Waals surface area contributed by atoms with E-state index < -0.39 is 58.0 Å². The molecule has 0 radical (unpaired) electrons. The van der Waals surface area contributed by atoms with Gasteiger partial charge in [-0.25, -0.2) is 27.3 Å². The second kappa shape index (κ2) is 11.3. The number of carbonyl (C=O) groups is 4. The average Bonchev–Trinajstić information content (AvgIpc) is 3.62. The number of carbonyl (C=O) groups excluding carboxylic acids is 4. The molecule has 5 amide bonds. The molecule has 2 heterocycles.